The van der Waals surface area contributed by atoms with Crippen LogP contribution in [0.25, 0.3) is 0 Å². The molecule has 0 radical (unpaired) electrons. The molecule has 0 unspecified atom stereocenters. The Morgan fingerprint density at radius 2 is 2.05 bits per heavy atom. The second-order valence-corrected chi connectivity index (χ2v) is 4.09. The van der Waals surface area contributed by atoms with Crippen molar-refractivity contribution in [2.75, 3.05) is 0 Å². The third-order valence-electron chi connectivity index (χ3n) is 2.41. The molecule has 0 aliphatic rings. The molecule has 0 saturated heterocycles. The summed E-state index contributed by atoms with van der Waals surface area (Å²) < 4.78 is 13.4. The van der Waals surface area contributed by atoms with Gasteiger partial charge in [-0.25, -0.2) is 4.39 Å². The molecule has 0 saturated carbocycles. The van der Waals surface area contributed by atoms with Crippen LogP contribution in [0.3, 0.4) is 0 Å². The Hall–Kier alpha value is -2.14. The van der Waals surface area contributed by atoms with E-state index in [1.807, 2.05) is 0 Å². The zero-order valence-electron chi connectivity index (χ0n) is 9.88. The van der Waals surface area contributed by atoms with Gasteiger partial charge in [0.25, 0.3) is 0 Å². The van der Waals surface area contributed by atoms with Crippen LogP contribution >= 0.6 is 11.6 Å². The van der Waals surface area contributed by atoms with Gasteiger partial charge in [0, 0.05) is 23.5 Å². The predicted molar refractivity (Wildman–Crippen MR) is 71.2 cm³/mol. The van der Waals surface area contributed by atoms with E-state index in [4.69, 9.17) is 22.2 Å². The number of hydrogen-bond acceptors (Lipinski definition) is 3. The van der Waals surface area contributed by atoms with Gasteiger partial charge in [-0.15, -0.1) is 0 Å². The highest BCUT2D eigenvalue weighted by molar-refractivity contribution is 6.31. The standard InChI is InChI=1S/C13H11ClFN3O/c14-11-2-1-3-12(15)10(11)8-19-18-13(16)9-4-6-17-7-5-9/h1-7H,8H2,(H2,16,18). The van der Waals surface area contributed by atoms with Crippen molar-refractivity contribution in [3.63, 3.8) is 0 Å². The van der Waals surface area contributed by atoms with Crippen molar-refractivity contribution >= 4 is 17.4 Å². The molecule has 98 valence electrons. The molecule has 0 aliphatic carbocycles. The monoisotopic (exact) mass is 279 g/mol. The number of nitrogens with two attached hydrogens (primary N) is 1. The van der Waals surface area contributed by atoms with E-state index in [2.05, 4.69) is 10.1 Å². The first-order valence-corrected chi connectivity index (χ1v) is 5.85. The van der Waals surface area contributed by atoms with E-state index in [9.17, 15) is 4.39 Å². The third-order valence-corrected chi connectivity index (χ3v) is 2.76. The molecular weight excluding hydrogens is 269 g/mol. The lowest BCUT2D eigenvalue weighted by atomic mass is 10.2. The second-order valence-electron chi connectivity index (χ2n) is 3.69. The summed E-state index contributed by atoms with van der Waals surface area (Å²) in [7, 11) is 0. The average Bonchev–Trinajstić information content (AvgIpc) is 2.43. The van der Waals surface area contributed by atoms with Crippen LogP contribution in [0.15, 0.2) is 47.9 Å². The number of nitrogens with zero attached hydrogens (tertiary/aromatic N) is 2. The van der Waals surface area contributed by atoms with Gasteiger partial charge in [0.2, 0.25) is 0 Å². The zero-order chi connectivity index (χ0) is 13.7. The van der Waals surface area contributed by atoms with Crippen molar-refractivity contribution in [3.05, 3.63) is 64.7 Å². The van der Waals surface area contributed by atoms with Crippen LogP contribution in [0, 0.1) is 5.82 Å². The summed E-state index contributed by atoms with van der Waals surface area (Å²) in [6.07, 6.45) is 3.18. The predicted octanol–water partition coefficient (Wildman–Crippen LogP) is 2.71. The molecule has 1 aromatic heterocycles. The fourth-order valence-electron chi connectivity index (χ4n) is 1.41. The van der Waals surface area contributed by atoms with Gasteiger partial charge in [-0.3, -0.25) is 4.98 Å². The van der Waals surface area contributed by atoms with E-state index < -0.39 is 5.82 Å². The van der Waals surface area contributed by atoms with Gasteiger partial charge in [-0.05, 0) is 24.3 Å². The molecular formula is C13H11ClFN3O. The molecule has 2 aromatic rings. The quantitative estimate of drug-likeness (QED) is 0.532. The van der Waals surface area contributed by atoms with Gasteiger partial charge < -0.3 is 10.6 Å². The third kappa shape index (κ3) is 3.42. The largest absolute Gasteiger partial charge is 0.389 e. The molecule has 19 heavy (non-hydrogen) atoms. The van der Waals surface area contributed by atoms with Crippen molar-refractivity contribution in [1.29, 1.82) is 0 Å². The lowest BCUT2D eigenvalue weighted by Gasteiger charge is -2.05. The Morgan fingerprint density at radius 3 is 2.74 bits per heavy atom. The van der Waals surface area contributed by atoms with E-state index in [0.29, 0.717) is 5.56 Å². The smallest absolute Gasteiger partial charge is 0.170 e. The van der Waals surface area contributed by atoms with Crippen LogP contribution in [-0.4, -0.2) is 10.8 Å². The van der Waals surface area contributed by atoms with Crippen molar-refractivity contribution in [2.45, 2.75) is 6.61 Å². The van der Waals surface area contributed by atoms with Gasteiger partial charge in [-0.2, -0.15) is 0 Å². The summed E-state index contributed by atoms with van der Waals surface area (Å²) in [4.78, 5) is 8.88. The Morgan fingerprint density at radius 1 is 1.32 bits per heavy atom. The molecule has 0 bridgehead atoms. The molecule has 0 atom stereocenters. The Labute approximate surface area is 114 Å². The Kier molecular flexibility index (Phi) is 4.30. The molecule has 0 aliphatic heterocycles. The molecule has 2 rings (SSSR count). The van der Waals surface area contributed by atoms with Gasteiger partial charge in [0.15, 0.2) is 5.84 Å². The van der Waals surface area contributed by atoms with Crippen molar-refractivity contribution in [2.24, 2.45) is 10.9 Å². The van der Waals surface area contributed by atoms with Crippen LogP contribution < -0.4 is 5.73 Å². The van der Waals surface area contributed by atoms with Gasteiger partial charge in [0.1, 0.15) is 12.4 Å². The van der Waals surface area contributed by atoms with Gasteiger partial charge in [0.05, 0.1) is 5.02 Å². The van der Waals surface area contributed by atoms with E-state index in [0.717, 1.165) is 0 Å². The lowest BCUT2D eigenvalue weighted by Crippen LogP contribution is -2.13. The number of halogens is 2. The highest BCUT2D eigenvalue weighted by Crippen LogP contribution is 2.19. The van der Waals surface area contributed by atoms with E-state index in [1.165, 1.54) is 12.1 Å². The van der Waals surface area contributed by atoms with Crippen LogP contribution in [0.2, 0.25) is 5.02 Å². The summed E-state index contributed by atoms with van der Waals surface area (Å²) in [5, 5.41) is 4.00. The maximum atomic E-state index is 13.4. The maximum absolute atomic E-state index is 13.4. The molecule has 4 nitrogen and oxygen atoms in total. The minimum Gasteiger partial charge on any atom is -0.389 e. The molecule has 2 N–H and O–H groups in total. The summed E-state index contributed by atoms with van der Waals surface area (Å²) >= 11 is 5.85. The SMILES string of the molecule is N/C(=N\OCc1c(F)cccc1Cl)c1ccncc1. The average molecular weight is 280 g/mol. The lowest BCUT2D eigenvalue weighted by molar-refractivity contribution is 0.128. The van der Waals surface area contributed by atoms with E-state index >= 15 is 0 Å². The topological polar surface area (TPSA) is 60.5 Å². The van der Waals surface area contributed by atoms with Gasteiger partial charge in [-0.1, -0.05) is 22.8 Å². The fraction of sp³-hybridized carbons (Fsp3) is 0.0769. The number of rotatable bonds is 4. The molecule has 0 amide bonds. The van der Waals surface area contributed by atoms with Crippen molar-refractivity contribution < 1.29 is 9.23 Å². The summed E-state index contributed by atoms with van der Waals surface area (Å²) in [6.45, 7) is -0.0860. The number of aromatic nitrogens is 1. The second kappa shape index (κ2) is 6.15. The molecule has 1 heterocycles. The summed E-state index contributed by atoms with van der Waals surface area (Å²) in [5.41, 5.74) is 6.63. The first-order chi connectivity index (χ1) is 9.18. The van der Waals surface area contributed by atoms with Crippen LogP contribution in [0.4, 0.5) is 4.39 Å². The summed E-state index contributed by atoms with van der Waals surface area (Å²) in [5.74, 6) is -0.250. The summed E-state index contributed by atoms with van der Waals surface area (Å²) in [6, 6.07) is 7.80. The molecule has 1 aromatic carbocycles. The molecule has 0 spiro atoms. The van der Waals surface area contributed by atoms with Gasteiger partial charge >= 0.3 is 0 Å². The highest BCUT2D eigenvalue weighted by Gasteiger charge is 2.07. The normalized spacial score (nSPS) is 11.4. The Bertz CT molecular complexity index is 569. The maximum Gasteiger partial charge on any atom is 0.170 e. The number of benzene rings is 1. The van der Waals surface area contributed by atoms with Crippen LogP contribution in [-0.2, 0) is 11.4 Å². The van der Waals surface area contributed by atoms with E-state index in [-0.39, 0.29) is 23.0 Å². The zero-order valence-corrected chi connectivity index (χ0v) is 10.6. The van der Waals surface area contributed by atoms with Crippen molar-refractivity contribution in [1.82, 2.24) is 4.98 Å². The van der Waals surface area contributed by atoms with Crippen molar-refractivity contribution in [3.8, 4) is 0 Å². The molecule has 6 heteroatoms. The number of pyridine rings is 1. The number of hydrogen-bond donors (Lipinski definition) is 1. The number of amidine groups is 1. The molecule has 0 fully saturated rings. The Balaban J connectivity index is 2.04. The minimum absolute atomic E-state index is 0.0860. The first-order valence-electron chi connectivity index (χ1n) is 5.47. The fourth-order valence-corrected chi connectivity index (χ4v) is 1.63. The first kappa shape index (κ1) is 13.3. The number of oxime groups is 1. The van der Waals surface area contributed by atoms with E-state index in [1.54, 1.807) is 30.6 Å². The highest BCUT2D eigenvalue weighted by atomic mass is 35.5. The van der Waals surface area contributed by atoms with Crippen LogP contribution in [0.1, 0.15) is 11.1 Å². The van der Waals surface area contributed by atoms with Crippen LogP contribution in [0.5, 0.6) is 0 Å². The minimum atomic E-state index is -0.440.